The molecule has 0 fully saturated rings. The van der Waals surface area contributed by atoms with Crippen molar-refractivity contribution in [1.82, 2.24) is 0 Å². The average Bonchev–Trinajstić information content (AvgIpc) is 3.05. The summed E-state index contributed by atoms with van der Waals surface area (Å²) >= 11 is 1.29. The maximum atomic E-state index is 12.5. The second-order valence-electron chi connectivity index (χ2n) is 5.36. The third-order valence-electron chi connectivity index (χ3n) is 3.60. The molecule has 136 valence electrons. The number of hydrogen-bond donors (Lipinski definition) is 1. The molecule has 6 nitrogen and oxygen atoms in total. The Balaban J connectivity index is 1.85. The van der Waals surface area contributed by atoms with Crippen LogP contribution in [0.4, 0.5) is 5.69 Å². The summed E-state index contributed by atoms with van der Waals surface area (Å²) < 4.78 is 38.5. The fourth-order valence-corrected chi connectivity index (χ4v) is 4.41. The summed E-state index contributed by atoms with van der Waals surface area (Å²) in [5, 5.41) is 0.766. The van der Waals surface area contributed by atoms with Gasteiger partial charge >= 0.3 is 5.97 Å². The molecule has 3 rings (SSSR count). The van der Waals surface area contributed by atoms with Crippen LogP contribution in [0.1, 0.15) is 16.6 Å². The lowest BCUT2D eigenvalue weighted by molar-refractivity contribution is 0.0606. The van der Waals surface area contributed by atoms with E-state index in [2.05, 4.69) is 4.72 Å². The molecule has 0 unspecified atom stereocenters. The quantitative estimate of drug-likeness (QED) is 0.645. The van der Waals surface area contributed by atoms with Gasteiger partial charge in [-0.1, -0.05) is 0 Å². The minimum Gasteiger partial charge on any atom is -0.494 e. The summed E-state index contributed by atoms with van der Waals surface area (Å²) in [6, 6.07) is 13.0. The van der Waals surface area contributed by atoms with Crippen molar-refractivity contribution >= 4 is 43.1 Å². The van der Waals surface area contributed by atoms with Crippen LogP contribution in [-0.4, -0.2) is 28.1 Å². The summed E-state index contributed by atoms with van der Waals surface area (Å²) in [6.45, 7) is 2.37. The van der Waals surface area contributed by atoms with Gasteiger partial charge in [-0.15, -0.1) is 11.3 Å². The molecule has 0 aliphatic carbocycles. The van der Waals surface area contributed by atoms with Gasteiger partial charge in [0.2, 0.25) is 0 Å². The van der Waals surface area contributed by atoms with Gasteiger partial charge in [0.1, 0.15) is 10.6 Å². The lowest BCUT2D eigenvalue weighted by atomic mass is 10.2. The fourth-order valence-electron chi connectivity index (χ4n) is 2.40. The first-order chi connectivity index (χ1) is 12.4. The molecule has 1 N–H and O–H groups in total. The largest absolute Gasteiger partial charge is 0.494 e. The number of carbonyl (C=O) groups excluding carboxylic acids is 1. The van der Waals surface area contributed by atoms with Gasteiger partial charge in [-0.3, -0.25) is 4.72 Å². The van der Waals surface area contributed by atoms with Crippen LogP contribution in [0.25, 0.3) is 10.1 Å². The van der Waals surface area contributed by atoms with E-state index in [0.717, 1.165) is 10.1 Å². The first kappa shape index (κ1) is 18.2. The second-order valence-corrected chi connectivity index (χ2v) is 8.13. The van der Waals surface area contributed by atoms with Crippen LogP contribution in [0.3, 0.4) is 0 Å². The van der Waals surface area contributed by atoms with E-state index in [1.54, 1.807) is 36.4 Å². The summed E-state index contributed by atoms with van der Waals surface area (Å²) in [6.07, 6.45) is 0. The first-order valence-electron chi connectivity index (χ1n) is 7.80. The standard InChI is InChI=1S/C18H17NO5S2/c1-3-24-14-5-7-15(8-6-14)26(21,22)19-13-4-9-16-12(10-13)11-17(25-16)18(20)23-2/h4-11,19H,3H2,1-2H3. The molecule has 0 radical (unpaired) electrons. The minimum absolute atomic E-state index is 0.140. The Morgan fingerprint density at radius 1 is 1.12 bits per heavy atom. The van der Waals surface area contributed by atoms with Gasteiger partial charge in [-0.05, 0) is 60.8 Å². The van der Waals surface area contributed by atoms with Gasteiger partial charge in [-0.2, -0.15) is 0 Å². The molecule has 8 heteroatoms. The number of benzene rings is 2. The second kappa shape index (κ2) is 7.35. The fraction of sp³-hybridized carbons (Fsp3) is 0.167. The lowest BCUT2D eigenvalue weighted by Gasteiger charge is -2.09. The monoisotopic (exact) mass is 391 g/mol. The first-order valence-corrected chi connectivity index (χ1v) is 10.1. The van der Waals surface area contributed by atoms with Crippen LogP contribution in [0.15, 0.2) is 53.4 Å². The normalized spacial score (nSPS) is 11.3. The summed E-state index contributed by atoms with van der Waals surface area (Å²) in [4.78, 5) is 12.2. The van der Waals surface area contributed by atoms with Crippen molar-refractivity contribution in [3.8, 4) is 5.75 Å². The molecule has 0 saturated carbocycles. The molecule has 1 heterocycles. The zero-order chi connectivity index (χ0) is 18.7. The van der Waals surface area contributed by atoms with Gasteiger partial charge < -0.3 is 9.47 Å². The van der Waals surface area contributed by atoms with Crippen LogP contribution in [0.5, 0.6) is 5.75 Å². The van der Waals surface area contributed by atoms with Crippen LogP contribution >= 0.6 is 11.3 Å². The third kappa shape index (κ3) is 3.81. The van der Waals surface area contributed by atoms with Gasteiger partial charge in [0.05, 0.1) is 18.6 Å². The number of sulfonamides is 1. The molecule has 0 aliphatic heterocycles. The van der Waals surface area contributed by atoms with Crippen molar-refractivity contribution in [2.24, 2.45) is 0 Å². The topological polar surface area (TPSA) is 81.7 Å². The lowest BCUT2D eigenvalue weighted by Crippen LogP contribution is -2.12. The minimum atomic E-state index is -3.72. The molecule has 0 atom stereocenters. The average molecular weight is 391 g/mol. The zero-order valence-corrected chi connectivity index (χ0v) is 15.8. The van der Waals surface area contributed by atoms with E-state index in [-0.39, 0.29) is 4.90 Å². The zero-order valence-electron chi connectivity index (χ0n) is 14.2. The van der Waals surface area contributed by atoms with Crippen molar-refractivity contribution in [1.29, 1.82) is 0 Å². The maximum Gasteiger partial charge on any atom is 0.348 e. The highest BCUT2D eigenvalue weighted by Crippen LogP contribution is 2.29. The van der Waals surface area contributed by atoms with Gasteiger partial charge in [0, 0.05) is 10.4 Å². The van der Waals surface area contributed by atoms with Crippen molar-refractivity contribution in [3.05, 3.63) is 53.4 Å². The molecule has 1 aromatic heterocycles. The number of thiophene rings is 1. The molecule has 26 heavy (non-hydrogen) atoms. The Morgan fingerprint density at radius 3 is 2.50 bits per heavy atom. The van der Waals surface area contributed by atoms with Crippen LogP contribution in [0.2, 0.25) is 0 Å². The summed E-state index contributed by atoms with van der Waals surface area (Å²) in [7, 11) is -2.40. The van der Waals surface area contributed by atoms with E-state index in [9.17, 15) is 13.2 Å². The number of nitrogens with one attached hydrogen (secondary N) is 1. The van der Waals surface area contributed by atoms with Gasteiger partial charge in [-0.25, -0.2) is 13.2 Å². The molecule has 0 amide bonds. The molecule has 0 aliphatic rings. The van der Waals surface area contributed by atoms with Gasteiger partial charge in [0.25, 0.3) is 10.0 Å². The van der Waals surface area contributed by atoms with E-state index < -0.39 is 16.0 Å². The van der Waals surface area contributed by atoms with E-state index in [0.29, 0.717) is 22.9 Å². The van der Waals surface area contributed by atoms with Crippen LogP contribution in [-0.2, 0) is 14.8 Å². The maximum absolute atomic E-state index is 12.5. The highest BCUT2D eigenvalue weighted by molar-refractivity contribution is 7.92. The number of methoxy groups -OCH3 is 1. The van der Waals surface area contributed by atoms with Crippen molar-refractivity contribution in [2.45, 2.75) is 11.8 Å². The Kier molecular flexibility index (Phi) is 5.15. The van der Waals surface area contributed by atoms with Crippen molar-refractivity contribution in [3.63, 3.8) is 0 Å². The number of fused-ring (bicyclic) bond motifs is 1. The number of esters is 1. The Morgan fingerprint density at radius 2 is 1.85 bits per heavy atom. The summed E-state index contributed by atoms with van der Waals surface area (Å²) in [5.41, 5.74) is 0.417. The van der Waals surface area contributed by atoms with Crippen molar-refractivity contribution < 1.29 is 22.7 Å². The predicted molar refractivity (Wildman–Crippen MR) is 102 cm³/mol. The number of rotatable bonds is 6. The number of hydrogen-bond acceptors (Lipinski definition) is 6. The third-order valence-corrected chi connectivity index (χ3v) is 6.09. The Bertz CT molecular complexity index is 1040. The van der Waals surface area contributed by atoms with E-state index in [1.807, 2.05) is 6.92 Å². The smallest absolute Gasteiger partial charge is 0.348 e. The number of carbonyl (C=O) groups is 1. The van der Waals surface area contributed by atoms with E-state index in [1.165, 1.54) is 30.6 Å². The molecule has 3 aromatic rings. The van der Waals surface area contributed by atoms with Gasteiger partial charge in [0.15, 0.2) is 0 Å². The van der Waals surface area contributed by atoms with E-state index >= 15 is 0 Å². The number of ether oxygens (including phenoxy) is 2. The van der Waals surface area contributed by atoms with Crippen LogP contribution in [0, 0.1) is 0 Å². The molecule has 0 bridgehead atoms. The number of anilines is 1. The highest BCUT2D eigenvalue weighted by Gasteiger charge is 2.16. The highest BCUT2D eigenvalue weighted by atomic mass is 32.2. The molecular formula is C18H17NO5S2. The predicted octanol–water partition coefficient (Wildman–Crippen LogP) is 3.89. The SMILES string of the molecule is CCOc1ccc(S(=O)(=O)Nc2ccc3sc(C(=O)OC)cc3c2)cc1. The summed E-state index contributed by atoms with van der Waals surface area (Å²) in [5.74, 6) is 0.198. The molecule has 2 aromatic carbocycles. The Labute approximate surface area is 155 Å². The molecule has 0 saturated heterocycles. The Hall–Kier alpha value is -2.58. The van der Waals surface area contributed by atoms with Crippen LogP contribution < -0.4 is 9.46 Å². The van der Waals surface area contributed by atoms with E-state index in [4.69, 9.17) is 9.47 Å². The molecule has 0 spiro atoms. The van der Waals surface area contributed by atoms with Crippen molar-refractivity contribution in [2.75, 3.05) is 18.4 Å². The molecular weight excluding hydrogens is 374 g/mol.